The summed E-state index contributed by atoms with van der Waals surface area (Å²) >= 11 is 5.07. The number of nitrogens with one attached hydrogen (secondary N) is 1. The Morgan fingerprint density at radius 2 is 2.15 bits per heavy atom. The zero-order valence-corrected chi connectivity index (χ0v) is 15.4. The van der Waals surface area contributed by atoms with Gasteiger partial charge in [-0.1, -0.05) is 42.5 Å². The summed E-state index contributed by atoms with van der Waals surface area (Å²) < 4.78 is 10.7. The van der Waals surface area contributed by atoms with Gasteiger partial charge in [0, 0.05) is 0 Å². The minimum absolute atomic E-state index is 0.195. The Bertz CT molecular complexity index is 707. The Labute approximate surface area is 158 Å². The molecule has 2 aliphatic rings. The molecule has 6 nitrogen and oxygen atoms in total. The van der Waals surface area contributed by atoms with Crippen molar-refractivity contribution in [2.45, 2.75) is 44.4 Å². The van der Waals surface area contributed by atoms with Crippen LogP contribution >= 0.6 is 12.2 Å². The van der Waals surface area contributed by atoms with Crippen LogP contribution in [-0.4, -0.2) is 46.9 Å². The third kappa shape index (κ3) is 4.04. The van der Waals surface area contributed by atoms with Crippen molar-refractivity contribution in [2.24, 2.45) is 0 Å². The van der Waals surface area contributed by atoms with Gasteiger partial charge in [0.05, 0.1) is 6.04 Å². The molecule has 0 bridgehead atoms. The van der Waals surface area contributed by atoms with Crippen molar-refractivity contribution in [1.29, 1.82) is 0 Å². The SMILES string of the molecule is C/C=C/CC[C@H]1OC(=S)N[C@@H]1C(=O)N1C(=O)OC[C@@H]1Cc1ccccc1. The molecule has 1 aromatic carbocycles. The first kappa shape index (κ1) is 18.4. The molecule has 7 heteroatoms. The molecule has 138 valence electrons. The first-order valence-electron chi connectivity index (χ1n) is 8.72. The molecule has 3 rings (SSSR count). The molecule has 0 spiro atoms. The highest BCUT2D eigenvalue weighted by Gasteiger charge is 2.46. The van der Waals surface area contributed by atoms with E-state index in [-0.39, 0.29) is 23.7 Å². The number of thiocarbonyl (C=S) groups is 1. The normalized spacial score (nSPS) is 25.3. The van der Waals surface area contributed by atoms with Crippen LogP contribution in [0.15, 0.2) is 42.5 Å². The summed E-state index contributed by atoms with van der Waals surface area (Å²) in [7, 11) is 0. The molecule has 0 aliphatic carbocycles. The lowest BCUT2D eigenvalue weighted by molar-refractivity contribution is -0.132. The Hall–Kier alpha value is -2.41. The van der Waals surface area contributed by atoms with Crippen LogP contribution in [0.5, 0.6) is 0 Å². The second-order valence-electron chi connectivity index (χ2n) is 6.34. The Morgan fingerprint density at radius 1 is 1.38 bits per heavy atom. The second-order valence-corrected chi connectivity index (χ2v) is 6.71. The number of nitrogens with zero attached hydrogens (tertiary/aromatic N) is 1. The Balaban J connectivity index is 1.72. The minimum Gasteiger partial charge on any atom is -0.465 e. The minimum atomic E-state index is -0.670. The van der Waals surface area contributed by atoms with Gasteiger partial charge in [0.25, 0.3) is 11.1 Å². The predicted octanol–water partition coefficient (Wildman–Crippen LogP) is 2.57. The standard InChI is InChI=1S/C19H22N2O4S/c1-2-3-5-10-15-16(20-18(26)25-15)17(22)21-14(12-24-19(21)23)11-13-8-6-4-7-9-13/h2-4,6-9,14-16H,5,10-12H2,1H3,(H,20,26)/b3-2+/t14-,15+,16-/m0/s1. The number of amides is 2. The fourth-order valence-corrected chi connectivity index (χ4v) is 3.50. The number of benzene rings is 1. The van der Waals surface area contributed by atoms with Crippen molar-refractivity contribution in [3.05, 3.63) is 48.0 Å². The van der Waals surface area contributed by atoms with E-state index < -0.39 is 18.2 Å². The van der Waals surface area contributed by atoms with Gasteiger partial charge in [-0.15, -0.1) is 0 Å². The van der Waals surface area contributed by atoms with Gasteiger partial charge in [-0.05, 0) is 44.0 Å². The number of imide groups is 1. The van der Waals surface area contributed by atoms with E-state index in [4.69, 9.17) is 21.7 Å². The zero-order chi connectivity index (χ0) is 18.5. The number of cyclic esters (lactones) is 1. The zero-order valence-electron chi connectivity index (χ0n) is 14.6. The molecule has 0 aromatic heterocycles. The van der Waals surface area contributed by atoms with E-state index in [0.717, 1.165) is 12.0 Å². The van der Waals surface area contributed by atoms with Gasteiger partial charge >= 0.3 is 6.09 Å². The van der Waals surface area contributed by atoms with Crippen molar-refractivity contribution in [3.8, 4) is 0 Å². The monoisotopic (exact) mass is 374 g/mol. The number of hydrogen-bond donors (Lipinski definition) is 1. The largest absolute Gasteiger partial charge is 0.465 e. The maximum atomic E-state index is 13.1. The third-order valence-corrected chi connectivity index (χ3v) is 4.75. The van der Waals surface area contributed by atoms with Crippen molar-refractivity contribution >= 4 is 29.4 Å². The van der Waals surface area contributed by atoms with E-state index in [1.807, 2.05) is 49.4 Å². The van der Waals surface area contributed by atoms with E-state index in [2.05, 4.69) is 5.32 Å². The number of carbonyl (C=O) groups excluding carboxylic acids is 2. The van der Waals surface area contributed by atoms with Crippen molar-refractivity contribution in [3.63, 3.8) is 0 Å². The average Bonchev–Trinajstić information content (AvgIpc) is 3.18. The van der Waals surface area contributed by atoms with Gasteiger partial charge in [0.2, 0.25) is 0 Å². The highest BCUT2D eigenvalue weighted by Crippen LogP contribution is 2.23. The molecule has 2 heterocycles. The molecular formula is C19H22N2O4S. The number of allylic oxidation sites excluding steroid dienone is 2. The molecule has 0 radical (unpaired) electrons. The lowest BCUT2D eigenvalue weighted by Crippen LogP contribution is -2.52. The molecule has 0 saturated carbocycles. The van der Waals surface area contributed by atoms with Gasteiger partial charge in [-0.3, -0.25) is 4.79 Å². The van der Waals surface area contributed by atoms with Crippen LogP contribution in [0.4, 0.5) is 4.79 Å². The molecule has 2 fully saturated rings. The van der Waals surface area contributed by atoms with Crippen LogP contribution < -0.4 is 5.32 Å². The number of ether oxygens (including phenoxy) is 2. The van der Waals surface area contributed by atoms with Crippen LogP contribution in [0.25, 0.3) is 0 Å². The second kappa shape index (κ2) is 8.31. The maximum absolute atomic E-state index is 13.1. The fraction of sp³-hybridized carbons (Fsp3) is 0.421. The Kier molecular flexibility index (Phi) is 5.88. The van der Waals surface area contributed by atoms with Gasteiger partial charge < -0.3 is 14.8 Å². The van der Waals surface area contributed by atoms with E-state index in [0.29, 0.717) is 12.8 Å². The van der Waals surface area contributed by atoms with E-state index >= 15 is 0 Å². The quantitative estimate of drug-likeness (QED) is 0.610. The van der Waals surface area contributed by atoms with Crippen molar-refractivity contribution < 1.29 is 19.1 Å². The van der Waals surface area contributed by atoms with Crippen molar-refractivity contribution in [1.82, 2.24) is 10.2 Å². The molecule has 2 saturated heterocycles. The lowest BCUT2D eigenvalue weighted by atomic mass is 10.0. The average molecular weight is 374 g/mol. The summed E-state index contributed by atoms with van der Waals surface area (Å²) in [5.41, 5.74) is 1.05. The topological polar surface area (TPSA) is 67.9 Å². The maximum Gasteiger partial charge on any atom is 0.417 e. The molecule has 0 unspecified atom stereocenters. The van der Waals surface area contributed by atoms with Gasteiger partial charge in [-0.2, -0.15) is 0 Å². The summed E-state index contributed by atoms with van der Waals surface area (Å²) in [6.07, 6.45) is 4.92. The van der Waals surface area contributed by atoms with E-state index in [1.54, 1.807) is 0 Å². The molecular weight excluding hydrogens is 352 g/mol. The van der Waals surface area contributed by atoms with Crippen LogP contribution in [0.3, 0.4) is 0 Å². The highest BCUT2D eigenvalue weighted by molar-refractivity contribution is 7.80. The van der Waals surface area contributed by atoms with Crippen LogP contribution in [0, 0.1) is 0 Å². The summed E-state index contributed by atoms with van der Waals surface area (Å²) in [4.78, 5) is 26.5. The smallest absolute Gasteiger partial charge is 0.417 e. The van der Waals surface area contributed by atoms with Gasteiger partial charge in [0.15, 0.2) is 0 Å². The van der Waals surface area contributed by atoms with E-state index in [9.17, 15) is 9.59 Å². The Morgan fingerprint density at radius 3 is 2.88 bits per heavy atom. The first-order chi connectivity index (χ1) is 12.6. The van der Waals surface area contributed by atoms with Crippen LogP contribution in [0.2, 0.25) is 0 Å². The summed E-state index contributed by atoms with van der Waals surface area (Å²) in [6.45, 7) is 2.14. The molecule has 26 heavy (non-hydrogen) atoms. The molecule has 1 N–H and O–H groups in total. The summed E-state index contributed by atoms with van der Waals surface area (Å²) in [5, 5.41) is 3.09. The lowest BCUT2D eigenvalue weighted by Gasteiger charge is -2.24. The number of hydrogen-bond acceptors (Lipinski definition) is 5. The summed E-state index contributed by atoms with van der Waals surface area (Å²) in [5.74, 6) is -0.348. The van der Waals surface area contributed by atoms with Gasteiger partial charge in [0.1, 0.15) is 18.8 Å². The highest BCUT2D eigenvalue weighted by atomic mass is 32.1. The number of carbonyl (C=O) groups is 2. The number of rotatable bonds is 6. The molecule has 2 aliphatic heterocycles. The molecule has 3 atom stereocenters. The summed E-state index contributed by atoms with van der Waals surface area (Å²) in [6, 6.07) is 8.73. The van der Waals surface area contributed by atoms with Gasteiger partial charge in [-0.25, -0.2) is 9.69 Å². The molecule has 2 amide bonds. The molecule has 1 aromatic rings. The van der Waals surface area contributed by atoms with E-state index in [1.165, 1.54) is 4.90 Å². The van der Waals surface area contributed by atoms with Crippen molar-refractivity contribution in [2.75, 3.05) is 6.61 Å². The fourth-order valence-electron chi connectivity index (χ4n) is 3.25. The van der Waals surface area contributed by atoms with Crippen LogP contribution in [0.1, 0.15) is 25.3 Å². The van der Waals surface area contributed by atoms with Crippen LogP contribution in [-0.2, 0) is 20.7 Å². The third-order valence-electron chi connectivity index (χ3n) is 4.54. The first-order valence-corrected chi connectivity index (χ1v) is 9.13. The predicted molar refractivity (Wildman–Crippen MR) is 101 cm³/mol.